The molecule has 8 heteroatoms. The van der Waals surface area contributed by atoms with Gasteiger partial charge in [-0.3, -0.25) is 14.2 Å². The van der Waals surface area contributed by atoms with Gasteiger partial charge in [-0.2, -0.15) is 0 Å². The molecule has 1 aromatic heterocycles. The monoisotopic (exact) mass is 643 g/mol. The molecule has 2 heterocycles. The van der Waals surface area contributed by atoms with Crippen LogP contribution >= 0.6 is 11.3 Å². The summed E-state index contributed by atoms with van der Waals surface area (Å²) in [5.41, 5.74) is 4.46. The van der Waals surface area contributed by atoms with Gasteiger partial charge < -0.3 is 14.8 Å². The minimum absolute atomic E-state index is 0.0911. The standard InChI is InChI=1S/C39H37N3O4S/c1-26-34(36(43)41-30-15-9-6-10-16-30)35(28-13-7-5-8-14-28)42-37(44)33(47-38(42)40-26)25-27-12-11-17-32(24-27)46-23-22-45-31-20-18-29(19-21-31)39(2,3)4/h5-21,24-25,35H,22-23H2,1-4H3,(H,41,43)/b33-25-. The number of thiazole rings is 1. The number of ether oxygens (including phenoxy) is 2. The van der Waals surface area contributed by atoms with Crippen LogP contribution in [0, 0.1) is 0 Å². The van der Waals surface area contributed by atoms with E-state index in [0.717, 1.165) is 16.9 Å². The summed E-state index contributed by atoms with van der Waals surface area (Å²) < 4.78 is 14.0. The second-order valence-corrected chi connectivity index (χ2v) is 13.4. The number of benzene rings is 4. The van der Waals surface area contributed by atoms with Gasteiger partial charge in [0, 0.05) is 5.69 Å². The van der Waals surface area contributed by atoms with E-state index in [-0.39, 0.29) is 16.9 Å². The van der Waals surface area contributed by atoms with Crippen LogP contribution in [0.3, 0.4) is 0 Å². The summed E-state index contributed by atoms with van der Waals surface area (Å²) in [7, 11) is 0. The molecule has 1 unspecified atom stereocenters. The molecule has 47 heavy (non-hydrogen) atoms. The van der Waals surface area contributed by atoms with Crippen LogP contribution in [-0.2, 0) is 10.2 Å². The fraction of sp³-hybridized carbons (Fsp3) is 0.205. The zero-order valence-electron chi connectivity index (χ0n) is 26.9. The van der Waals surface area contributed by atoms with Crippen molar-refractivity contribution in [2.75, 3.05) is 18.5 Å². The van der Waals surface area contributed by atoms with Crippen LogP contribution in [0.1, 0.15) is 50.4 Å². The van der Waals surface area contributed by atoms with Gasteiger partial charge in [-0.15, -0.1) is 0 Å². The normalized spacial score (nSPS) is 14.7. The first-order chi connectivity index (χ1) is 22.7. The number of hydrogen-bond donors (Lipinski definition) is 1. The largest absolute Gasteiger partial charge is 0.490 e. The van der Waals surface area contributed by atoms with Crippen molar-refractivity contribution in [3.05, 3.63) is 157 Å². The van der Waals surface area contributed by atoms with E-state index >= 15 is 0 Å². The first kappa shape index (κ1) is 31.8. The van der Waals surface area contributed by atoms with Gasteiger partial charge in [-0.1, -0.05) is 105 Å². The summed E-state index contributed by atoms with van der Waals surface area (Å²) in [4.78, 5) is 33.0. The Hall–Kier alpha value is -5.21. The fourth-order valence-electron chi connectivity index (χ4n) is 5.50. The molecule has 0 bridgehead atoms. The Balaban J connectivity index is 1.23. The van der Waals surface area contributed by atoms with Gasteiger partial charge >= 0.3 is 0 Å². The summed E-state index contributed by atoms with van der Waals surface area (Å²) in [6.07, 6.45) is 1.84. The highest BCUT2D eigenvalue weighted by molar-refractivity contribution is 7.07. The molecule has 1 aliphatic rings. The number of hydrogen-bond acceptors (Lipinski definition) is 6. The minimum Gasteiger partial charge on any atom is -0.490 e. The van der Waals surface area contributed by atoms with Crippen LogP contribution in [0.4, 0.5) is 5.69 Å². The zero-order valence-corrected chi connectivity index (χ0v) is 27.7. The average Bonchev–Trinajstić information content (AvgIpc) is 3.36. The molecule has 0 radical (unpaired) electrons. The number of allylic oxidation sites excluding steroid dienone is 1. The molecular weight excluding hydrogens is 607 g/mol. The van der Waals surface area contributed by atoms with Crippen molar-refractivity contribution in [1.82, 2.24) is 4.57 Å². The Labute approximate surface area is 278 Å². The van der Waals surface area contributed by atoms with E-state index in [2.05, 4.69) is 38.2 Å². The van der Waals surface area contributed by atoms with Crippen LogP contribution in [0.5, 0.6) is 11.5 Å². The molecule has 0 saturated heterocycles. The van der Waals surface area contributed by atoms with Gasteiger partial charge in [0.15, 0.2) is 4.80 Å². The van der Waals surface area contributed by atoms with Gasteiger partial charge in [0.2, 0.25) is 0 Å². The molecule has 0 spiro atoms. The molecule has 1 N–H and O–H groups in total. The quantitative estimate of drug-likeness (QED) is 0.183. The summed E-state index contributed by atoms with van der Waals surface area (Å²) in [5.74, 6) is 1.18. The number of nitrogens with one attached hydrogen (secondary N) is 1. The number of carbonyl (C=O) groups excluding carboxylic acids is 1. The maximum absolute atomic E-state index is 14.0. The van der Waals surface area contributed by atoms with Crippen LogP contribution in [-0.4, -0.2) is 23.7 Å². The van der Waals surface area contributed by atoms with Crippen LogP contribution in [0.25, 0.3) is 6.08 Å². The maximum Gasteiger partial charge on any atom is 0.271 e. The highest BCUT2D eigenvalue weighted by atomic mass is 32.1. The molecular formula is C39H37N3O4S. The predicted octanol–water partition coefficient (Wildman–Crippen LogP) is 6.63. The Bertz CT molecular complexity index is 2090. The number of aromatic nitrogens is 1. The zero-order chi connectivity index (χ0) is 33.0. The first-order valence-corrected chi connectivity index (χ1v) is 16.4. The molecule has 238 valence electrons. The number of amides is 1. The average molecular weight is 644 g/mol. The van der Waals surface area contributed by atoms with E-state index in [4.69, 9.17) is 14.5 Å². The Morgan fingerprint density at radius 1 is 0.872 bits per heavy atom. The number of carbonyl (C=O) groups is 1. The molecule has 4 aromatic carbocycles. The van der Waals surface area contributed by atoms with E-state index in [9.17, 15) is 9.59 Å². The number of rotatable bonds is 9. The number of anilines is 1. The molecule has 0 fully saturated rings. The lowest BCUT2D eigenvalue weighted by Crippen LogP contribution is -2.40. The van der Waals surface area contributed by atoms with Crippen molar-refractivity contribution >= 4 is 29.0 Å². The molecule has 1 aliphatic heterocycles. The van der Waals surface area contributed by atoms with Crippen LogP contribution in [0.2, 0.25) is 0 Å². The second kappa shape index (κ2) is 13.6. The predicted molar refractivity (Wildman–Crippen MR) is 188 cm³/mol. The molecule has 0 aliphatic carbocycles. The molecule has 5 aromatic rings. The third kappa shape index (κ3) is 7.28. The van der Waals surface area contributed by atoms with Gasteiger partial charge in [0.1, 0.15) is 24.7 Å². The Kier molecular flexibility index (Phi) is 9.22. The first-order valence-electron chi connectivity index (χ1n) is 15.6. The van der Waals surface area contributed by atoms with Crippen LogP contribution in [0.15, 0.2) is 130 Å². The summed E-state index contributed by atoms with van der Waals surface area (Å²) in [5, 5.41) is 2.98. The van der Waals surface area contributed by atoms with Crippen molar-refractivity contribution in [2.45, 2.75) is 39.2 Å². The van der Waals surface area contributed by atoms with Crippen molar-refractivity contribution < 1.29 is 14.3 Å². The number of nitrogens with zero attached hydrogens (tertiary/aromatic N) is 2. The molecule has 1 atom stereocenters. The summed E-state index contributed by atoms with van der Waals surface area (Å²) in [6.45, 7) is 9.14. The Morgan fingerprint density at radius 2 is 1.53 bits per heavy atom. The van der Waals surface area contributed by atoms with Crippen LogP contribution < -0.4 is 29.7 Å². The van der Waals surface area contributed by atoms with Crippen molar-refractivity contribution in [3.63, 3.8) is 0 Å². The van der Waals surface area contributed by atoms with E-state index in [1.165, 1.54) is 16.9 Å². The number of fused-ring (bicyclic) bond motifs is 1. The van der Waals surface area contributed by atoms with Gasteiger partial charge in [-0.05, 0) is 71.5 Å². The number of para-hydroxylation sites is 1. The van der Waals surface area contributed by atoms with Gasteiger partial charge in [-0.25, -0.2) is 4.99 Å². The lowest BCUT2D eigenvalue weighted by molar-refractivity contribution is -0.113. The lowest BCUT2D eigenvalue weighted by Gasteiger charge is -2.25. The summed E-state index contributed by atoms with van der Waals surface area (Å²) >= 11 is 1.31. The van der Waals surface area contributed by atoms with E-state index in [1.807, 2.05) is 110 Å². The van der Waals surface area contributed by atoms with E-state index < -0.39 is 6.04 Å². The summed E-state index contributed by atoms with van der Waals surface area (Å²) in [6, 6.07) is 34.0. The maximum atomic E-state index is 14.0. The molecule has 7 nitrogen and oxygen atoms in total. The Morgan fingerprint density at radius 3 is 2.21 bits per heavy atom. The molecule has 0 saturated carbocycles. The lowest BCUT2D eigenvalue weighted by atomic mass is 9.87. The highest BCUT2D eigenvalue weighted by Crippen LogP contribution is 2.31. The third-order valence-corrected chi connectivity index (χ3v) is 8.89. The van der Waals surface area contributed by atoms with Crippen molar-refractivity contribution in [1.29, 1.82) is 0 Å². The molecule has 6 rings (SSSR count). The van der Waals surface area contributed by atoms with Crippen molar-refractivity contribution in [3.8, 4) is 11.5 Å². The topological polar surface area (TPSA) is 81.9 Å². The third-order valence-electron chi connectivity index (χ3n) is 7.91. The smallest absolute Gasteiger partial charge is 0.271 e. The van der Waals surface area contributed by atoms with Gasteiger partial charge in [0.05, 0.1) is 21.8 Å². The SMILES string of the molecule is CC1=C(C(=O)Nc2ccccc2)C(c2ccccc2)n2c(s/c(=C\c3cccc(OCCOc4ccc(C(C)(C)C)cc4)c3)c2=O)=N1. The minimum atomic E-state index is -0.627. The second-order valence-electron chi connectivity index (χ2n) is 12.4. The molecule has 1 amide bonds. The highest BCUT2D eigenvalue weighted by Gasteiger charge is 2.32. The van der Waals surface area contributed by atoms with E-state index in [1.54, 1.807) is 4.57 Å². The van der Waals surface area contributed by atoms with E-state index in [0.29, 0.717) is 45.3 Å². The van der Waals surface area contributed by atoms with Crippen molar-refractivity contribution in [2.24, 2.45) is 4.99 Å². The fourth-order valence-corrected chi connectivity index (χ4v) is 6.54. The van der Waals surface area contributed by atoms with Gasteiger partial charge in [0.25, 0.3) is 11.5 Å².